The number of aromatic nitrogens is 4. The second kappa shape index (κ2) is 9.84. The highest BCUT2D eigenvalue weighted by molar-refractivity contribution is 7.16. The fraction of sp³-hybridized carbons (Fsp3) is 0.250. The summed E-state index contributed by atoms with van der Waals surface area (Å²) in [6.07, 6.45) is 2.69. The first-order valence-electron chi connectivity index (χ1n) is 11.1. The van der Waals surface area contributed by atoms with Gasteiger partial charge in [-0.3, -0.25) is 9.48 Å². The number of rotatable bonds is 7. The average Bonchev–Trinajstić information content (AvgIpc) is 3.46. The van der Waals surface area contributed by atoms with Crippen LogP contribution in [0.3, 0.4) is 0 Å². The Kier molecular flexibility index (Phi) is 6.61. The van der Waals surface area contributed by atoms with E-state index >= 15 is 0 Å². The highest BCUT2D eigenvalue weighted by Gasteiger charge is 2.31. The van der Waals surface area contributed by atoms with Crippen molar-refractivity contribution >= 4 is 40.6 Å². The number of methoxy groups -OCH3 is 1. The van der Waals surface area contributed by atoms with Crippen molar-refractivity contribution in [3.63, 3.8) is 0 Å². The Hall–Kier alpha value is -3.54. The van der Waals surface area contributed by atoms with Gasteiger partial charge in [-0.2, -0.15) is 5.10 Å². The monoisotopic (exact) mass is 528 g/mol. The Bertz CT molecular complexity index is 1440. The molecule has 1 aliphatic rings. The highest BCUT2D eigenvalue weighted by Crippen LogP contribution is 2.37. The lowest BCUT2D eigenvalue weighted by atomic mass is 10.0. The molecule has 4 aromatic rings. The fourth-order valence-corrected chi connectivity index (χ4v) is 5.46. The number of aliphatic hydroxyl groups is 1. The van der Waals surface area contributed by atoms with Gasteiger partial charge in [0.2, 0.25) is 5.95 Å². The molecule has 36 heavy (non-hydrogen) atoms. The van der Waals surface area contributed by atoms with Crippen molar-refractivity contribution in [3.05, 3.63) is 69.6 Å². The summed E-state index contributed by atoms with van der Waals surface area (Å²) in [7, 11) is 3.24. The van der Waals surface area contributed by atoms with Crippen LogP contribution in [0.15, 0.2) is 42.7 Å². The van der Waals surface area contributed by atoms with E-state index in [0.717, 1.165) is 9.75 Å². The summed E-state index contributed by atoms with van der Waals surface area (Å²) in [4.78, 5) is 25.1. The van der Waals surface area contributed by atoms with Crippen LogP contribution in [0.4, 0.5) is 16.2 Å². The van der Waals surface area contributed by atoms with E-state index in [1.807, 2.05) is 0 Å². The average molecular weight is 529 g/mol. The lowest BCUT2D eigenvalue weighted by Crippen LogP contribution is -2.45. The minimum atomic E-state index is -1.11. The van der Waals surface area contributed by atoms with Gasteiger partial charge in [0.15, 0.2) is 0 Å². The third-order valence-corrected chi connectivity index (χ3v) is 7.34. The molecule has 2 N–H and O–H groups in total. The Labute approximate surface area is 215 Å². The molecular formula is C24H22ClFN6O3S. The van der Waals surface area contributed by atoms with Crippen molar-refractivity contribution in [1.29, 1.82) is 0 Å². The number of nitrogens with one attached hydrogen (secondary N) is 1. The van der Waals surface area contributed by atoms with Crippen LogP contribution in [0.1, 0.15) is 20.8 Å². The van der Waals surface area contributed by atoms with Crippen molar-refractivity contribution < 1.29 is 19.0 Å². The molecule has 4 heterocycles. The third-order valence-electron chi connectivity index (χ3n) is 5.86. The van der Waals surface area contributed by atoms with Crippen LogP contribution in [0, 0.1) is 5.82 Å². The van der Waals surface area contributed by atoms with E-state index in [1.54, 1.807) is 36.1 Å². The number of hydrogen-bond acceptors (Lipinski definition) is 8. The summed E-state index contributed by atoms with van der Waals surface area (Å²) in [6.45, 7) is 0.338. The van der Waals surface area contributed by atoms with E-state index < -0.39 is 12.0 Å². The van der Waals surface area contributed by atoms with Gasteiger partial charge in [-0.1, -0.05) is 11.6 Å². The van der Waals surface area contributed by atoms with E-state index in [0.29, 0.717) is 52.3 Å². The number of anilines is 2. The zero-order valence-corrected chi connectivity index (χ0v) is 21.0. The van der Waals surface area contributed by atoms with E-state index in [4.69, 9.17) is 16.3 Å². The number of nitrogens with zero attached hydrogens (tertiary/aromatic N) is 5. The molecule has 0 unspecified atom stereocenters. The van der Waals surface area contributed by atoms with Crippen LogP contribution < -0.4 is 10.1 Å². The molecule has 0 bridgehead atoms. The summed E-state index contributed by atoms with van der Waals surface area (Å²) in [5.41, 5.74) is 1.53. The zero-order chi connectivity index (χ0) is 25.4. The second-order valence-corrected chi connectivity index (χ2v) is 9.78. The molecule has 0 radical (unpaired) electrons. The molecule has 1 atom stereocenters. The van der Waals surface area contributed by atoms with Gasteiger partial charge in [0.05, 0.1) is 35.0 Å². The standard InChI is InChI=1S/C24H22ClFN6O3S/c1-31-20(3-5-28-31)29-24-27-12-17(25)22(30-24)19-11-16-18(36-19)4-6-32(23(16)34)21(33)9-13-7-14(26)10-15(8-13)35-2/h3,5,7-8,10-12,21,33H,4,6,9H2,1-2H3,(H,27,29,30)/t21-/m0/s1. The van der Waals surface area contributed by atoms with Crippen LogP contribution in [-0.4, -0.2) is 55.5 Å². The van der Waals surface area contributed by atoms with Gasteiger partial charge in [-0.05, 0) is 23.8 Å². The molecule has 1 amide bonds. The van der Waals surface area contributed by atoms with Crippen molar-refractivity contribution in [1.82, 2.24) is 24.6 Å². The highest BCUT2D eigenvalue weighted by atomic mass is 35.5. The van der Waals surface area contributed by atoms with Crippen LogP contribution >= 0.6 is 22.9 Å². The second-order valence-electron chi connectivity index (χ2n) is 8.24. The Morgan fingerprint density at radius 2 is 2.17 bits per heavy atom. The molecule has 12 heteroatoms. The predicted molar refractivity (Wildman–Crippen MR) is 134 cm³/mol. The first-order chi connectivity index (χ1) is 17.3. The molecule has 186 valence electrons. The molecule has 0 saturated carbocycles. The van der Waals surface area contributed by atoms with Crippen molar-refractivity contribution in [2.75, 3.05) is 19.0 Å². The minimum Gasteiger partial charge on any atom is -0.497 e. The van der Waals surface area contributed by atoms with Crippen molar-refractivity contribution in [3.8, 4) is 16.3 Å². The van der Waals surface area contributed by atoms with Crippen LogP contribution in [0.25, 0.3) is 10.6 Å². The molecule has 0 fully saturated rings. The number of benzene rings is 1. The number of halogens is 2. The van der Waals surface area contributed by atoms with Gasteiger partial charge in [-0.15, -0.1) is 11.3 Å². The lowest BCUT2D eigenvalue weighted by Gasteiger charge is -2.31. The molecule has 0 aliphatic carbocycles. The topological polar surface area (TPSA) is 105 Å². The predicted octanol–water partition coefficient (Wildman–Crippen LogP) is 4.04. The minimum absolute atomic E-state index is 0.0764. The number of carbonyl (C=O) groups is 1. The Morgan fingerprint density at radius 1 is 1.33 bits per heavy atom. The fourth-order valence-electron chi connectivity index (χ4n) is 4.06. The SMILES string of the molecule is COc1cc(F)cc(C[C@H](O)N2CCc3sc(-c4nc(Nc5ccnn5C)ncc4Cl)cc3C2=O)c1. The number of hydrogen-bond donors (Lipinski definition) is 2. The van der Waals surface area contributed by atoms with Gasteiger partial charge >= 0.3 is 0 Å². The van der Waals surface area contributed by atoms with E-state index in [1.165, 1.54) is 41.7 Å². The van der Waals surface area contributed by atoms with Gasteiger partial charge in [0, 0.05) is 43.4 Å². The third kappa shape index (κ3) is 4.77. The maximum absolute atomic E-state index is 13.9. The molecule has 0 saturated heterocycles. The zero-order valence-electron chi connectivity index (χ0n) is 19.4. The number of aliphatic hydroxyl groups excluding tert-OH is 1. The molecule has 1 aliphatic heterocycles. The number of aryl methyl sites for hydroxylation is 1. The van der Waals surface area contributed by atoms with Crippen LogP contribution in [0.2, 0.25) is 5.02 Å². The summed E-state index contributed by atoms with van der Waals surface area (Å²) in [5.74, 6) is 0.645. The number of amides is 1. The largest absolute Gasteiger partial charge is 0.497 e. The normalized spacial score (nSPS) is 14.0. The first-order valence-corrected chi connectivity index (χ1v) is 12.2. The number of fused-ring (bicyclic) bond motifs is 1. The molecule has 0 spiro atoms. The Balaban J connectivity index is 1.37. The van der Waals surface area contributed by atoms with Crippen molar-refractivity contribution in [2.24, 2.45) is 7.05 Å². The van der Waals surface area contributed by atoms with Gasteiger partial charge in [0.1, 0.15) is 29.3 Å². The summed E-state index contributed by atoms with van der Waals surface area (Å²) in [6, 6.07) is 7.76. The maximum Gasteiger partial charge on any atom is 0.257 e. The smallest absolute Gasteiger partial charge is 0.257 e. The summed E-state index contributed by atoms with van der Waals surface area (Å²) in [5, 5.41) is 18.4. The number of thiophene rings is 1. The molecule has 5 rings (SSSR count). The van der Waals surface area contributed by atoms with Crippen molar-refractivity contribution in [2.45, 2.75) is 19.1 Å². The van der Waals surface area contributed by atoms with E-state index in [9.17, 15) is 14.3 Å². The quantitative estimate of drug-likeness (QED) is 0.373. The first kappa shape index (κ1) is 24.2. The number of ether oxygens (including phenoxy) is 1. The summed E-state index contributed by atoms with van der Waals surface area (Å²) >= 11 is 7.85. The Morgan fingerprint density at radius 3 is 2.92 bits per heavy atom. The lowest BCUT2D eigenvalue weighted by molar-refractivity contribution is 0.00645. The molecule has 9 nitrogen and oxygen atoms in total. The van der Waals surface area contributed by atoms with Gasteiger partial charge < -0.3 is 20.1 Å². The number of carbonyl (C=O) groups excluding carboxylic acids is 1. The maximum atomic E-state index is 13.9. The molecular weight excluding hydrogens is 507 g/mol. The van der Waals surface area contributed by atoms with Gasteiger partial charge in [-0.25, -0.2) is 14.4 Å². The van der Waals surface area contributed by atoms with Gasteiger partial charge in [0.25, 0.3) is 5.91 Å². The van der Waals surface area contributed by atoms with E-state index in [2.05, 4.69) is 20.4 Å². The van der Waals surface area contributed by atoms with Crippen LogP contribution in [0.5, 0.6) is 5.75 Å². The molecule has 3 aromatic heterocycles. The molecule has 1 aromatic carbocycles. The van der Waals surface area contributed by atoms with Crippen LogP contribution in [-0.2, 0) is 19.9 Å². The summed E-state index contributed by atoms with van der Waals surface area (Å²) < 4.78 is 20.6. The van der Waals surface area contributed by atoms with E-state index in [-0.39, 0.29) is 12.3 Å².